The molecule has 0 saturated carbocycles. The molecule has 2 saturated heterocycles. The maximum absolute atomic E-state index is 14.8. The van der Waals surface area contributed by atoms with Gasteiger partial charge in [-0.3, -0.25) is 9.69 Å². The van der Waals surface area contributed by atoms with Crippen LogP contribution in [0.1, 0.15) is 12.8 Å². The third-order valence-electron chi connectivity index (χ3n) is 4.86. The van der Waals surface area contributed by atoms with Gasteiger partial charge in [-0.25, -0.2) is 14.0 Å². The molecule has 3 rings (SSSR count). The zero-order valence-corrected chi connectivity index (χ0v) is 18.0. The fraction of sp³-hybridized carbons (Fsp3) is 0.421. The first-order valence-corrected chi connectivity index (χ1v) is 10.2. The number of benzene rings is 1. The third-order valence-corrected chi connectivity index (χ3v) is 5.37. The molecular weight excluding hydrogens is 458 g/mol. The topological polar surface area (TPSA) is 66.2 Å². The number of nitrogens with zero attached hydrogens (tertiary/aromatic N) is 3. The Morgan fingerprint density at radius 1 is 1.37 bits per heavy atom. The lowest BCUT2D eigenvalue weighted by Gasteiger charge is -2.31. The summed E-state index contributed by atoms with van der Waals surface area (Å²) in [4.78, 5) is 30.3. The van der Waals surface area contributed by atoms with E-state index in [1.54, 1.807) is 12.1 Å². The van der Waals surface area contributed by atoms with Crippen molar-refractivity contribution in [2.75, 3.05) is 36.0 Å². The van der Waals surface area contributed by atoms with E-state index in [0.29, 0.717) is 37.3 Å². The molecule has 0 aliphatic carbocycles. The van der Waals surface area contributed by atoms with Crippen LogP contribution >= 0.6 is 34.8 Å². The molecule has 0 spiro atoms. The van der Waals surface area contributed by atoms with Gasteiger partial charge in [0.1, 0.15) is 11.9 Å². The van der Waals surface area contributed by atoms with Crippen molar-refractivity contribution in [1.29, 1.82) is 0 Å². The van der Waals surface area contributed by atoms with E-state index in [2.05, 4.69) is 10.2 Å². The lowest BCUT2D eigenvalue weighted by molar-refractivity contribution is -0.120. The van der Waals surface area contributed by atoms with Gasteiger partial charge in [0.25, 0.3) is 9.70 Å². The zero-order chi connectivity index (χ0) is 21.9. The van der Waals surface area contributed by atoms with Crippen molar-refractivity contribution in [3.8, 4) is 0 Å². The van der Waals surface area contributed by atoms with Gasteiger partial charge in [-0.05, 0) is 31.0 Å². The second-order valence-corrected chi connectivity index (χ2v) is 9.14. The summed E-state index contributed by atoms with van der Waals surface area (Å²) < 4.78 is 17.8. The molecule has 2 heterocycles. The minimum absolute atomic E-state index is 0.0379. The van der Waals surface area contributed by atoms with Crippen molar-refractivity contribution < 1.29 is 18.7 Å². The Hall–Kier alpha value is -2.21. The number of hydrogen-bond acceptors (Lipinski definition) is 4. The molecule has 1 aromatic carbocycles. The summed E-state index contributed by atoms with van der Waals surface area (Å²) in [5.41, 5.74) is 1.85. The second kappa shape index (κ2) is 9.29. The van der Waals surface area contributed by atoms with Crippen LogP contribution in [0.2, 0.25) is 0 Å². The third kappa shape index (κ3) is 5.28. The van der Waals surface area contributed by atoms with Crippen molar-refractivity contribution in [2.45, 2.75) is 22.7 Å². The molecule has 1 N–H and O–H groups in total. The molecule has 30 heavy (non-hydrogen) atoms. The standard InChI is InChI=1S/C19H18Cl3FN4O3/c1-24-9-12-4-6-26(7-5-12)16-3-2-13(8-15(16)23)27-11-14(30-18(27)29)10-25-17(28)19(20,21)22/h2-3,8-9,14H,4-7,10-11H2,(H,25,28)/t14-/m0/s1. The van der Waals surface area contributed by atoms with Gasteiger partial charge in [0, 0.05) is 13.1 Å². The Balaban J connectivity index is 1.62. The number of rotatable bonds is 4. The number of nitrogens with one attached hydrogen (secondary N) is 1. The highest BCUT2D eigenvalue weighted by Crippen LogP contribution is 2.30. The minimum atomic E-state index is -2.11. The minimum Gasteiger partial charge on any atom is -0.442 e. The number of halogens is 4. The molecule has 0 radical (unpaired) electrons. The summed E-state index contributed by atoms with van der Waals surface area (Å²) in [6, 6.07) is 4.55. The number of carbonyl (C=O) groups excluding carboxylic acids is 2. The van der Waals surface area contributed by atoms with Crippen LogP contribution in [0.4, 0.5) is 20.6 Å². The van der Waals surface area contributed by atoms with Gasteiger partial charge in [-0.2, -0.15) is 0 Å². The Morgan fingerprint density at radius 2 is 2.07 bits per heavy atom. The summed E-state index contributed by atoms with van der Waals surface area (Å²) in [6.07, 6.45) is 1.64. The predicted molar refractivity (Wildman–Crippen MR) is 113 cm³/mol. The number of amides is 2. The predicted octanol–water partition coefficient (Wildman–Crippen LogP) is 4.04. The summed E-state index contributed by atoms with van der Waals surface area (Å²) in [6.45, 7) is 8.21. The number of anilines is 2. The first-order chi connectivity index (χ1) is 14.2. The van der Waals surface area contributed by atoms with Crippen LogP contribution in [0.3, 0.4) is 0 Å². The molecule has 1 atom stereocenters. The summed E-state index contributed by atoms with van der Waals surface area (Å²) in [5, 5.41) is 2.39. The van der Waals surface area contributed by atoms with E-state index in [1.807, 2.05) is 4.90 Å². The van der Waals surface area contributed by atoms with E-state index >= 15 is 0 Å². The molecule has 2 aliphatic rings. The molecule has 1 aromatic rings. The molecule has 0 bridgehead atoms. The first-order valence-electron chi connectivity index (χ1n) is 9.11. The molecule has 11 heteroatoms. The van der Waals surface area contributed by atoms with Crippen LogP contribution in [0.5, 0.6) is 0 Å². The molecule has 160 valence electrons. The quantitative estimate of drug-likeness (QED) is 0.527. The monoisotopic (exact) mass is 474 g/mol. The lowest BCUT2D eigenvalue weighted by Crippen LogP contribution is -2.40. The van der Waals surface area contributed by atoms with Crippen LogP contribution in [-0.4, -0.2) is 48.1 Å². The van der Waals surface area contributed by atoms with E-state index in [1.165, 1.54) is 17.2 Å². The van der Waals surface area contributed by atoms with E-state index in [-0.39, 0.29) is 13.1 Å². The fourth-order valence-corrected chi connectivity index (χ4v) is 3.52. The smallest absolute Gasteiger partial charge is 0.414 e. The number of hydrogen-bond donors (Lipinski definition) is 1. The Kier molecular flexibility index (Phi) is 6.96. The normalized spacial score (nSPS) is 19.4. The summed E-state index contributed by atoms with van der Waals surface area (Å²) >= 11 is 16.4. The molecule has 2 fully saturated rings. The molecule has 2 amide bonds. The molecule has 0 unspecified atom stereocenters. The van der Waals surface area contributed by atoms with Gasteiger partial charge < -0.3 is 15.0 Å². The van der Waals surface area contributed by atoms with Gasteiger partial charge >= 0.3 is 6.09 Å². The number of alkyl halides is 3. The van der Waals surface area contributed by atoms with Crippen LogP contribution in [0, 0.1) is 12.4 Å². The van der Waals surface area contributed by atoms with Crippen molar-refractivity contribution in [1.82, 2.24) is 5.32 Å². The van der Waals surface area contributed by atoms with E-state index in [4.69, 9.17) is 46.1 Å². The number of cyclic esters (lactones) is 1. The second-order valence-electron chi connectivity index (χ2n) is 6.86. The average molecular weight is 476 g/mol. The van der Waals surface area contributed by atoms with Gasteiger partial charge in [0.05, 0.1) is 31.0 Å². The van der Waals surface area contributed by atoms with Crippen molar-refractivity contribution >= 4 is 58.2 Å². The van der Waals surface area contributed by atoms with Gasteiger partial charge in [0.15, 0.2) is 6.20 Å². The highest BCUT2D eigenvalue weighted by molar-refractivity contribution is 6.76. The van der Waals surface area contributed by atoms with Crippen LogP contribution in [0.15, 0.2) is 30.0 Å². The fourth-order valence-electron chi connectivity index (χ4n) is 3.32. The largest absolute Gasteiger partial charge is 0.442 e. The van der Waals surface area contributed by atoms with Crippen LogP contribution in [-0.2, 0) is 9.53 Å². The number of carbonyl (C=O) groups is 2. The Morgan fingerprint density at radius 3 is 2.67 bits per heavy atom. The summed E-state index contributed by atoms with van der Waals surface area (Å²) in [5.74, 6) is -1.28. The van der Waals surface area contributed by atoms with Crippen molar-refractivity contribution in [3.63, 3.8) is 0 Å². The molecule has 2 aliphatic heterocycles. The Bertz CT molecular complexity index is 903. The van der Waals surface area contributed by atoms with Crippen LogP contribution < -0.4 is 15.1 Å². The van der Waals surface area contributed by atoms with E-state index in [0.717, 1.165) is 5.57 Å². The molecule has 0 aromatic heterocycles. The Labute approximate surface area is 188 Å². The van der Waals surface area contributed by atoms with E-state index in [9.17, 15) is 14.0 Å². The first kappa shape index (κ1) is 22.5. The van der Waals surface area contributed by atoms with Gasteiger partial charge in [0.2, 0.25) is 0 Å². The van der Waals surface area contributed by atoms with Crippen molar-refractivity contribution in [2.24, 2.45) is 0 Å². The molecule has 7 nitrogen and oxygen atoms in total. The number of ether oxygens (including phenoxy) is 1. The highest BCUT2D eigenvalue weighted by atomic mass is 35.6. The zero-order valence-electron chi connectivity index (χ0n) is 15.7. The number of piperidine rings is 1. The lowest BCUT2D eigenvalue weighted by atomic mass is 10.0. The summed E-state index contributed by atoms with van der Waals surface area (Å²) in [7, 11) is 0. The average Bonchev–Trinajstić information content (AvgIpc) is 3.07. The highest BCUT2D eigenvalue weighted by Gasteiger charge is 2.35. The molecular formula is C19H18Cl3FN4O3. The SMILES string of the molecule is [C-]#[N+]C=C1CCN(c2ccc(N3C[C@H](CNC(=O)C(Cl)(Cl)Cl)OC3=O)cc2F)CC1. The van der Waals surface area contributed by atoms with Crippen LogP contribution in [0.25, 0.3) is 4.85 Å². The van der Waals surface area contributed by atoms with E-state index < -0.39 is 27.7 Å². The van der Waals surface area contributed by atoms with Gasteiger partial charge in [-0.15, -0.1) is 0 Å². The van der Waals surface area contributed by atoms with Crippen molar-refractivity contribution in [3.05, 3.63) is 47.2 Å². The maximum atomic E-state index is 14.8. The van der Waals surface area contributed by atoms with Gasteiger partial charge in [-0.1, -0.05) is 40.4 Å². The maximum Gasteiger partial charge on any atom is 0.414 e.